The van der Waals surface area contributed by atoms with Gasteiger partial charge in [-0.2, -0.15) is 10.2 Å². The maximum atomic E-state index is 13.4. The number of aryl methyl sites for hydroxylation is 1. The molecule has 0 N–H and O–H groups in total. The Morgan fingerprint density at radius 3 is 2.70 bits per heavy atom. The summed E-state index contributed by atoms with van der Waals surface area (Å²) in [5.74, 6) is 0.629. The minimum Gasteiger partial charge on any atom is -0.354 e. The van der Waals surface area contributed by atoms with Gasteiger partial charge >= 0.3 is 0 Å². The number of nitrogens with zero attached hydrogens (tertiary/aromatic N) is 7. The third-order valence-electron chi connectivity index (χ3n) is 5.02. The normalized spacial score (nSPS) is 19.2. The molecule has 1 saturated heterocycles. The Morgan fingerprint density at radius 1 is 1.19 bits per heavy atom. The number of anilines is 2. The van der Waals surface area contributed by atoms with Crippen molar-refractivity contribution in [3.63, 3.8) is 0 Å². The van der Waals surface area contributed by atoms with Gasteiger partial charge < -0.3 is 4.90 Å². The molecule has 3 aromatic heterocycles. The number of rotatable bonds is 3. The van der Waals surface area contributed by atoms with Gasteiger partial charge in [-0.05, 0) is 18.6 Å². The van der Waals surface area contributed by atoms with E-state index in [1.54, 1.807) is 32.9 Å². The van der Waals surface area contributed by atoms with Crippen molar-refractivity contribution in [1.82, 2.24) is 24.5 Å². The van der Waals surface area contributed by atoms with Gasteiger partial charge in [-0.25, -0.2) is 14.1 Å². The molecule has 5 heterocycles. The summed E-state index contributed by atoms with van der Waals surface area (Å²) < 4.78 is 16.7. The minimum absolute atomic E-state index is 0.132. The predicted octanol–water partition coefficient (Wildman–Crippen LogP) is 1.71. The van der Waals surface area contributed by atoms with Gasteiger partial charge in [-0.15, -0.1) is 0 Å². The number of carbonyl (C=O) groups excluding carboxylic acids is 1. The lowest BCUT2D eigenvalue weighted by molar-refractivity contribution is 0.0991. The molecule has 1 amide bonds. The highest BCUT2D eigenvalue weighted by Crippen LogP contribution is 2.28. The molecular formula is C18H18FN7O. The van der Waals surface area contributed by atoms with Gasteiger partial charge in [0.05, 0.1) is 36.9 Å². The Kier molecular flexibility index (Phi) is 3.49. The molecule has 0 saturated carbocycles. The van der Waals surface area contributed by atoms with Crippen LogP contribution < -0.4 is 9.80 Å². The van der Waals surface area contributed by atoms with Gasteiger partial charge in [-0.1, -0.05) is 0 Å². The summed E-state index contributed by atoms with van der Waals surface area (Å²) in [4.78, 5) is 20.7. The molecule has 0 unspecified atom stereocenters. The van der Waals surface area contributed by atoms with Crippen molar-refractivity contribution < 1.29 is 9.18 Å². The Morgan fingerprint density at radius 2 is 2.07 bits per heavy atom. The van der Waals surface area contributed by atoms with Crippen LogP contribution in [0.1, 0.15) is 22.5 Å². The Balaban J connectivity index is 1.37. The average molecular weight is 367 g/mol. The van der Waals surface area contributed by atoms with Crippen molar-refractivity contribution in [1.29, 1.82) is 0 Å². The maximum absolute atomic E-state index is 13.4. The van der Waals surface area contributed by atoms with Crippen LogP contribution in [0, 0.1) is 0 Å². The molecule has 0 bridgehead atoms. The summed E-state index contributed by atoms with van der Waals surface area (Å²) in [6, 6.07) is 3.75. The van der Waals surface area contributed by atoms with Crippen LogP contribution in [0.15, 0.2) is 36.9 Å². The number of fused-ring (bicyclic) bond motifs is 1. The average Bonchev–Trinajstić information content (AvgIpc) is 3.42. The molecule has 0 radical (unpaired) electrons. The molecule has 3 aromatic rings. The summed E-state index contributed by atoms with van der Waals surface area (Å²) in [5.41, 5.74) is 2.84. The lowest BCUT2D eigenvalue weighted by Crippen LogP contribution is -2.24. The van der Waals surface area contributed by atoms with E-state index in [-0.39, 0.29) is 5.91 Å². The van der Waals surface area contributed by atoms with E-state index in [2.05, 4.69) is 15.2 Å². The first-order chi connectivity index (χ1) is 13.1. The topological polar surface area (TPSA) is 72.1 Å². The summed E-state index contributed by atoms with van der Waals surface area (Å²) in [7, 11) is 1.82. The summed E-state index contributed by atoms with van der Waals surface area (Å²) in [6.45, 7) is 1.54. The first kappa shape index (κ1) is 16.0. The number of carbonyl (C=O) groups is 1. The highest BCUT2D eigenvalue weighted by molar-refractivity contribution is 6.08. The third kappa shape index (κ3) is 2.66. The second-order valence-electron chi connectivity index (χ2n) is 6.92. The van der Waals surface area contributed by atoms with Crippen LogP contribution in [0.25, 0.3) is 5.69 Å². The van der Waals surface area contributed by atoms with Gasteiger partial charge in [0.25, 0.3) is 5.91 Å². The number of amides is 1. The number of alkyl halides is 1. The van der Waals surface area contributed by atoms with E-state index in [1.165, 1.54) is 0 Å². The highest BCUT2D eigenvalue weighted by Gasteiger charge is 2.33. The number of aromatic nitrogens is 5. The van der Waals surface area contributed by atoms with Crippen molar-refractivity contribution in [3.8, 4) is 5.69 Å². The van der Waals surface area contributed by atoms with Crippen LogP contribution in [0.5, 0.6) is 0 Å². The molecule has 138 valence electrons. The molecular weight excluding hydrogens is 349 g/mol. The molecule has 2 aliphatic heterocycles. The standard InChI is InChI=1S/C18H18FN7O/c1-23-11-15(7-21-23)25-8-12-9-26(22-17(12)18(25)27)14-2-3-16(20-6-14)24-5-4-13(19)10-24/h2-3,6-7,9,11,13H,4-5,8,10H2,1H3/t13-/m1/s1. The Bertz CT molecular complexity index is 1010. The summed E-state index contributed by atoms with van der Waals surface area (Å²) in [6.07, 6.45) is 6.79. The Labute approximate surface area is 154 Å². The molecule has 0 spiro atoms. The first-order valence-corrected chi connectivity index (χ1v) is 8.83. The van der Waals surface area contributed by atoms with Gasteiger partial charge in [0, 0.05) is 31.5 Å². The van der Waals surface area contributed by atoms with Crippen molar-refractivity contribution in [2.24, 2.45) is 7.05 Å². The quantitative estimate of drug-likeness (QED) is 0.705. The molecule has 27 heavy (non-hydrogen) atoms. The van der Waals surface area contributed by atoms with Crippen LogP contribution in [0.4, 0.5) is 15.9 Å². The largest absolute Gasteiger partial charge is 0.354 e. The summed E-state index contributed by atoms with van der Waals surface area (Å²) >= 11 is 0. The molecule has 1 atom stereocenters. The maximum Gasteiger partial charge on any atom is 0.279 e. The van der Waals surface area contributed by atoms with E-state index in [0.29, 0.717) is 31.7 Å². The molecule has 0 aliphatic carbocycles. The van der Waals surface area contributed by atoms with Gasteiger partial charge in [0.1, 0.15) is 12.0 Å². The zero-order valence-corrected chi connectivity index (χ0v) is 14.8. The van der Waals surface area contributed by atoms with E-state index >= 15 is 0 Å². The SMILES string of the molecule is Cn1cc(N2Cc3cn(-c4ccc(N5CC[C@@H](F)C5)nc4)nc3C2=O)cn1. The second kappa shape index (κ2) is 5.90. The van der Waals surface area contributed by atoms with E-state index in [9.17, 15) is 9.18 Å². The van der Waals surface area contributed by atoms with Crippen molar-refractivity contribution in [2.45, 2.75) is 19.1 Å². The lowest BCUT2D eigenvalue weighted by atomic mass is 10.3. The van der Waals surface area contributed by atoms with E-state index < -0.39 is 6.17 Å². The van der Waals surface area contributed by atoms with E-state index in [4.69, 9.17) is 0 Å². The van der Waals surface area contributed by atoms with Crippen molar-refractivity contribution in [2.75, 3.05) is 22.9 Å². The van der Waals surface area contributed by atoms with Crippen LogP contribution in [-0.2, 0) is 13.6 Å². The monoisotopic (exact) mass is 367 g/mol. The van der Waals surface area contributed by atoms with Crippen LogP contribution in [-0.4, -0.2) is 49.7 Å². The van der Waals surface area contributed by atoms with Crippen LogP contribution in [0.2, 0.25) is 0 Å². The zero-order valence-electron chi connectivity index (χ0n) is 14.8. The van der Waals surface area contributed by atoms with Crippen LogP contribution in [0.3, 0.4) is 0 Å². The molecule has 1 fully saturated rings. The number of hydrogen-bond acceptors (Lipinski definition) is 5. The fraction of sp³-hybridized carbons (Fsp3) is 0.333. The predicted molar refractivity (Wildman–Crippen MR) is 96.8 cm³/mol. The molecule has 0 aromatic carbocycles. The van der Waals surface area contributed by atoms with Crippen LogP contribution >= 0.6 is 0 Å². The number of halogens is 1. The number of pyridine rings is 1. The molecule has 5 rings (SSSR count). The first-order valence-electron chi connectivity index (χ1n) is 8.83. The minimum atomic E-state index is -0.783. The zero-order chi connectivity index (χ0) is 18.5. The molecule has 9 heteroatoms. The lowest BCUT2D eigenvalue weighted by Gasteiger charge is -2.16. The van der Waals surface area contributed by atoms with E-state index in [1.807, 2.05) is 30.3 Å². The smallest absolute Gasteiger partial charge is 0.279 e. The molecule has 2 aliphatic rings. The fourth-order valence-corrected chi connectivity index (χ4v) is 3.59. The Hall–Kier alpha value is -3.23. The second-order valence-corrected chi connectivity index (χ2v) is 6.92. The van der Waals surface area contributed by atoms with Crippen molar-refractivity contribution >= 4 is 17.4 Å². The number of hydrogen-bond donors (Lipinski definition) is 0. The third-order valence-corrected chi connectivity index (χ3v) is 5.02. The van der Waals surface area contributed by atoms with Gasteiger partial charge in [-0.3, -0.25) is 14.4 Å². The highest BCUT2D eigenvalue weighted by atomic mass is 19.1. The fourth-order valence-electron chi connectivity index (χ4n) is 3.59. The van der Waals surface area contributed by atoms with Gasteiger partial charge in [0.15, 0.2) is 5.69 Å². The molecule has 8 nitrogen and oxygen atoms in total. The van der Waals surface area contributed by atoms with Crippen molar-refractivity contribution in [3.05, 3.63) is 48.2 Å². The summed E-state index contributed by atoms with van der Waals surface area (Å²) in [5, 5.41) is 8.56. The van der Waals surface area contributed by atoms with E-state index in [0.717, 1.165) is 22.8 Å². The van der Waals surface area contributed by atoms with Gasteiger partial charge in [0.2, 0.25) is 0 Å².